The maximum Gasteiger partial charge on any atom is 0.145 e. The Morgan fingerprint density at radius 1 is 1.47 bits per heavy atom. The predicted molar refractivity (Wildman–Crippen MR) is 70.9 cm³/mol. The van der Waals surface area contributed by atoms with Crippen molar-refractivity contribution in [1.29, 1.82) is 0 Å². The van der Waals surface area contributed by atoms with Crippen molar-refractivity contribution in [2.75, 3.05) is 20.3 Å². The Bertz CT molecular complexity index is 433. The molecule has 1 aliphatic rings. The van der Waals surface area contributed by atoms with Crippen molar-refractivity contribution in [2.24, 2.45) is 0 Å². The van der Waals surface area contributed by atoms with Crippen molar-refractivity contribution >= 4 is 11.6 Å². The van der Waals surface area contributed by atoms with E-state index in [1.54, 1.807) is 19.2 Å². The summed E-state index contributed by atoms with van der Waals surface area (Å²) in [6, 6.07) is 4.80. The number of hydrogen-bond donors (Lipinski definition) is 1. The molecule has 1 aromatic carbocycles. The number of hydrogen-bond acceptors (Lipinski definition) is 3. The topological polar surface area (TPSA) is 38.7 Å². The zero-order chi connectivity index (χ0) is 13.9. The average molecular weight is 289 g/mol. The minimum Gasteiger partial charge on any atom is -0.390 e. The highest BCUT2D eigenvalue weighted by atomic mass is 35.5. The lowest BCUT2D eigenvalue weighted by molar-refractivity contribution is -0.151. The minimum absolute atomic E-state index is 0.0724. The SMILES string of the molecule is COC1(C(O)Cc2cccc(Cl)c2F)CCOCC1. The number of rotatable bonds is 4. The molecule has 1 unspecified atom stereocenters. The molecule has 0 aliphatic carbocycles. The number of aliphatic hydroxyl groups excluding tert-OH is 1. The Labute approximate surface area is 117 Å². The Morgan fingerprint density at radius 3 is 2.79 bits per heavy atom. The van der Waals surface area contributed by atoms with Crippen LogP contribution in [0, 0.1) is 5.82 Å². The van der Waals surface area contributed by atoms with Crippen LogP contribution in [0.5, 0.6) is 0 Å². The van der Waals surface area contributed by atoms with Crippen molar-refractivity contribution in [1.82, 2.24) is 0 Å². The van der Waals surface area contributed by atoms with E-state index in [4.69, 9.17) is 21.1 Å². The summed E-state index contributed by atoms with van der Waals surface area (Å²) in [4.78, 5) is 0. The van der Waals surface area contributed by atoms with Gasteiger partial charge in [-0.3, -0.25) is 0 Å². The predicted octanol–water partition coefficient (Wildman–Crippen LogP) is 2.58. The molecular formula is C14H18ClFO3. The molecule has 1 fully saturated rings. The number of methoxy groups -OCH3 is 1. The van der Waals surface area contributed by atoms with E-state index in [9.17, 15) is 9.50 Å². The second-order valence-corrected chi connectivity index (χ2v) is 5.22. The lowest BCUT2D eigenvalue weighted by atomic mass is 9.84. The van der Waals surface area contributed by atoms with Gasteiger partial charge in [0.2, 0.25) is 0 Å². The summed E-state index contributed by atoms with van der Waals surface area (Å²) in [5.41, 5.74) is -0.254. The van der Waals surface area contributed by atoms with Crippen molar-refractivity contribution < 1.29 is 19.0 Å². The van der Waals surface area contributed by atoms with Gasteiger partial charge >= 0.3 is 0 Å². The van der Waals surface area contributed by atoms with Crippen LogP contribution in [0.25, 0.3) is 0 Å². The molecule has 1 aliphatic heterocycles. The van der Waals surface area contributed by atoms with Gasteiger partial charge in [0.25, 0.3) is 0 Å². The van der Waals surface area contributed by atoms with Crippen LogP contribution in [-0.2, 0) is 15.9 Å². The van der Waals surface area contributed by atoms with E-state index >= 15 is 0 Å². The van der Waals surface area contributed by atoms with Crippen molar-refractivity contribution in [3.8, 4) is 0 Å². The van der Waals surface area contributed by atoms with E-state index in [0.29, 0.717) is 31.6 Å². The van der Waals surface area contributed by atoms with E-state index in [1.807, 2.05) is 0 Å². The maximum atomic E-state index is 13.8. The molecule has 1 heterocycles. The Kier molecular flexibility index (Phi) is 4.79. The van der Waals surface area contributed by atoms with Crippen LogP contribution in [0.3, 0.4) is 0 Å². The molecular weight excluding hydrogens is 271 g/mol. The molecule has 1 atom stereocenters. The van der Waals surface area contributed by atoms with Crippen LogP contribution in [0.15, 0.2) is 18.2 Å². The third-order valence-corrected chi connectivity index (χ3v) is 4.09. The minimum atomic E-state index is -0.783. The Hall–Kier alpha value is -0.680. The molecule has 0 saturated carbocycles. The molecule has 1 aromatic rings. The number of ether oxygens (including phenoxy) is 2. The van der Waals surface area contributed by atoms with Gasteiger partial charge in [-0.1, -0.05) is 23.7 Å². The van der Waals surface area contributed by atoms with Gasteiger partial charge in [0.1, 0.15) is 5.82 Å². The van der Waals surface area contributed by atoms with Gasteiger partial charge in [-0.05, 0) is 11.6 Å². The second-order valence-electron chi connectivity index (χ2n) is 4.81. The Balaban J connectivity index is 2.15. The van der Waals surface area contributed by atoms with E-state index in [2.05, 4.69) is 0 Å². The van der Waals surface area contributed by atoms with Gasteiger partial charge in [-0.25, -0.2) is 4.39 Å². The molecule has 0 spiro atoms. The summed E-state index contributed by atoms with van der Waals surface area (Å²) < 4.78 is 24.6. The summed E-state index contributed by atoms with van der Waals surface area (Å²) in [7, 11) is 1.57. The molecule has 2 rings (SSSR count). The van der Waals surface area contributed by atoms with Crippen molar-refractivity contribution in [3.05, 3.63) is 34.6 Å². The molecule has 0 radical (unpaired) electrons. The fourth-order valence-electron chi connectivity index (χ4n) is 2.49. The smallest absolute Gasteiger partial charge is 0.145 e. The molecule has 0 amide bonds. The zero-order valence-corrected chi connectivity index (χ0v) is 11.6. The normalized spacial score (nSPS) is 20.2. The van der Waals surface area contributed by atoms with E-state index in [0.717, 1.165) is 0 Å². The number of benzene rings is 1. The van der Waals surface area contributed by atoms with Gasteiger partial charge in [-0.15, -0.1) is 0 Å². The van der Waals surface area contributed by atoms with Crippen LogP contribution in [0.1, 0.15) is 18.4 Å². The van der Waals surface area contributed by atoms with Gasteiger partial charge in [0.05, 0.1) is 16.7 Å². The summed E-state index contributed by atoms with van der Waals surface area (Å²) in [6.07, 6.45) is 0.606. The zero-order valence-electron chi connectivity index (χ0n) is 10.9. The van der Waals surface area contributed by atoms with Crippen molar-refractivity contribution in [3.63, 3.8) is 0 Å². The monoisotopic (exact) mass is 288 g/mol. The highest BCUT2D eigenvalue weighted by molar-refractivity contribution is 6.30. The van der Waals surface area contributed by atoms with E-state index in [1.165, 1.54) is 6.07 Å². The van der Waals surface area contributed by atoms with E-state index in [-0.39, 0.29) is 11.4 Å². The third kappa shape index (κ3) is 3.08. The molecule has 0 bridgehead atoms. The van der Waals surface area contributed by atoms with Crippen LogP contribution in [-0.4, -0.2) is 37.1 Å². The highest BCUT2D eigenvalue weighted by Gasteiger charge is 2.40. The number of aliphatic hydroxyl groups is 1. The summed E-state index contributed by atoms with van der Waals surface area (Å²) in [5.74, 6) is -0.471. The first-order chi connectivity index (χ1) is 9.09. The first-order valence-corrected chi connectivity index (χ1v) is 6.71. The van der Waals surface area contributed by atoms with Gasteiger partial charge < -0.3 is 14.6 Å². The summed E-state index contributed by atoms with van der Waals surface area (Å²) >= 11 is 5.74. The van der Waals surface area contributed by atoms with Gasteiger partial charge in [0, 0.05) is 39.6 Å². The first kappa shape index (κ1) is 14.7. The van der Waals surface area contributed by atoms with Gasteiger partial charge in [-0.2, -0.15) is 0 Å². The molecule has 19 heavy (non-hydrogen) atoms. The summed E-state index contributed by atoms with van der Waals surface area (Å²) in [6.45, 7) is 1.09. The quantitative estimate of drug-likeness (QED) is 0.925. The fourth-order valence-corrected chi connectivity index (χ4v) is 2.68. The molecule has 3 nitrogen and oxygen atoms in total. The Morgan fingerprint density at radius 2 is 2.16 bits per heavy atom. The molecule has 1 N–H and O–H groups in total. The molecule has 1 saturated heterocycles. The number of halogens is 2. The highest BCUT2D eigenvalue weighted by Crippen LogP contribution is 2.31. The lowest BCUT2D eigenvalue weighted by Gasteiger charge is -2.39. The van der Waals surface area contributed by atoms with Crippen LogP contribution < -0.4 is 0 Å². The van der Waals surface area contributed by atoms with Crippen LogP contribution >= 0.6 is 11.6 Å². The van der Waals surface area contributed by atoms with Crippen LogP contribution in [0.4, 0.5) is 4.39 Å². The average Bonchev–Trinajstić information content (AvgIpc) is 2.44. The maximum absolute atomic E-state index is 13.8. The van der Waals surface area contributed by atoms with Crippen molar-refractivity contribution in [2.45, 2.75) is 31.0 Å². The second kappa shape index (κ2) is 6.18. The van der Waals surface area contributed by atoms with Gasteiger partial charge in [0.15, 0.2) is 0 Å². The summed E-state index contributed by atoms with van der Waals surface area (Å²) in [5, 5.41) is 10.5. The molecule has 106 valence electrons. The lowest BCUT2D eigenvalue weighted by Crippen LogP contribution is -2.49. The standard InChI is InChI=1S/C14H18ClFO3/c1-18-14(5-7-19-8-6-14)12(17)9-10-3-2-4-11(15)13(10)16/h2-4,12,17H,5-9H2,1H3. The van der Waals surface area contributed by atoms with Crippen LogP contribution in [0.2, 0.25) is 5.02 Å². The largest absolute Gasteiger partial charge is 0.390 e. The third-order valence-electron chi connectivity index (χ3n) is 3.80. The molecule has 0 aromatic heterocycles. The molecule has 5 heteroatoms. The first-order valence-electron chi connectivity index (χ1n) is 6.33. The fraction of sp³-hybridized carbons (Fsp3) is 0.571. The van der Waals surface area contributed by atoms with E-state index < -0.39 is 17.5 Å².